The molecule has 2 bridgehead atoms. The molecule has 1 saturated carbocycles. The first kappa shape index (κ1) is 74.8. The Morgan fingerprint density at radius 1 is 0.857 bits per heavy atom. The number of methoxy groups -OCH3 is 3. The number of aromatic nitrogens is 8. The zero-order valence-electron chi connectivity index (χ0n) is 58.5. The van der Waals surface area contributed by atoms with Gasteiger partial charge in [-0.05, 0) is 138 Å². The van der Waals surface area contributed by atoms with Crippen LogP contribution in [0.15, 0.2) is 82.7 Å². The minimum atomic E-state index is -2.46. The van der Waals surface area contributed by atoms with Gasteiger partial charge in [-0.2, -0.15) is 10.1 Å². The number of hydrogen-bond donors (Lipinski definition) is 4. The molecule has 3 aliphatic heterocycles. The molecule has 4 aromatic heterocycles. The van der Waals surface area contributed by atoms with E-state index in [4.69, 9.17) is 54.1 Å². The lowest BCUT2D eigenvalue weighted by atomic mass is 9.78. The van der Waals surface area contributed by atoms with Crippen LogP contribution in [0.3, 0.4) is 0 Å². The van der Waals surface area contributed by atoms with Gasteiger partial charge in [0.15, 0.2) is 17.0 Å². The number of nitrogen functional groups attached to an aromatic ring is 2. The van der Waals surface area contributed by atoms with E-state index in [0.29, 0.717) is 129 Å². The molecule has 1 aliphatic carbocycles. The maximum Gasteiger partial charge on any atom is 0.329 e. The number of cyclic esters (lactones) is 1. The smallest absolute Gasteiger partial charge is 0.329 e. The van der Waals surface area contributed by atoms with Gasteiger partial charge in [-0.15, -0.1) is 5.10 Å². The summed E-state index contributed by atoms with van der Waals surface area (Å²) in [5, 5.41) is 38.0. The molecule has 0 unspecified atom stereocenters. The van der Waals surface area contributed by atoms with Gasteiger partial charge in [0.1, 0.15) is 59.2 Å². The number of nitrogens with zero attached hydrogens (tertiary/aromatic N) is 9. The van der Waals surface area contributed by atoms with Gasteiger partial charge in [0, 0.05) is 77.1 Å². The number of amides is 1. The van der Waals surface area contributed by atoms with Crippen molar-refractivity contribution in [1.82, 2.24) is 44.6 Å². The molecule has 26 nitrogen and oxygen atoms in total. The molecule has 0 radical (unpaired) electrons. The molecule has 3 fully saturated rings. The third-order valence-electron chi connectivity index (χ3n) is 20.1. The first-order valence-electron chi connectivity index (χ1n) is 34.7. The molecule has 6 N–H and O–H groups in total. The molecule has 9 rings (SSSR count). The number of esters is 1. The highest BCUT2D eigenvalue weighted by Gasteiger charge is 2.53. The summed E-state index contributed by atoms with van der Waals surface area (Å²) in [7, 11) is 4.62. The van der Waals surface area contributed by atoms with Crippen molar-refractivity contribution in [3.8, 4) is 11.3 Å². The lowest BCUT2D eigenvalue weighted by molar-refractivity contribution is -0.265. The van der Waals surface area contributed by atoms with Crippen molar-refractivity contribution in [3.05, 3.63) is 84.0 Å². The molecule has 0 spiro atoms. The first-order chi connectivity index (χ1) is 47.0. The summed E-state index contributed by atoms with van der Waals surface area (Å²) in [6, 6.07) is 4.42. The van der Waals surface area contributed by atoms with Gasteiger partial charge in [-0.25, -0.2) is 19.4 Å². The number of aliphatic hydroxyl groups excluding tert-OH is 1. The van der Waals surface area contributed by atoms with Crippen molar-refractivity contribution in [2.75, 3.05) is 52.6 Å². The summed E-state index contributed by atoms with van der Waals surface area (Å²) in [6.07, 6.45) is 16.3. The number of aryl methyl sites for hydroxylation is 2. The summed E-state index contributed by atoms with van der Waals surface area (Å²) in [5.74, 6) is -7.93. The zero-order chi connectivity index (χ0) is 70.4. The predicted octanol–water partition coefficient (Wildman–Crippen LogP) is 8.61. The van der Waals surface area contributed by atoms with Gasteiger partial charge in [0.05, 0.1) is 55.8 Å². The standard InChI is InChI=1S/C72H101N11O15/c1-42-18-12-11-13-19-43(2)58(91-8)37-52-24-21-48(7)72(90,98-52)66(87)69(88)82-28-15-14-20-54(82)70(89)96-59(38-55(84)44(3)33-47(6)64(86)65(93-10)63(85)46(5)32-42)45(4)34-49-22-25-57(60(35-49)92-9)95-31-30-94-40-51-39-81(80-78-51)27-16-17-29-83-68-61(67(73)75-41-76-68)62(79-83)50-23-26-56-53(36-50)77-71(74)97-56/h11-13,18-19,23,26,33,36,39,41-42,44-46,48-49,52,54,57-60,64-65,86,90H,14-17,20-22,24-25,27-32,34-35,37-38,40H2,1-10H3,(H2,74,77)(H2,73,75,76)/b13-11?,18-12+,43-19?,47-33+/t42-,44-,45-,46-,48-,49+,52+,54+,57-,58+,59+,60-,64-,65+,72-/m1/s1. The number of carbonyl (C=O) groups excluding carboxylic acids is 5. The van der Waals surface area contributed by atoms with Gasteiger partial charge in [-0.3, -0.25) is 23.9 Å². The van der Waals surface area contributed by atoms with Crippen LogP contribution in [0.4, 0.5) is 11.8 Å². The van der Waals surface area contributed by atoms with Crippen LogP contribution in [0.2, 0.25) is 0 Å². The Morgan fingerprint density at radius 3 is 2.43 bits per heavy atom. The minimum absolute atomic E-state index is 0.00422. The molecule has 2 saturated heterocycles. The third-order valence-corrected chi connectivity index (χ3v) is 20.1. The predicted molar refractivity (Wildman–Crippen MR) is 365 cm³/mol. The highest BCUT2D eigenvalue weighted by Crippen LogP contribution is 2.39. The average molecular weight is 1360 g/mol. The van der Waals surface area contributed by atoms with E-state index < -0.39 is 77.8 Å². The number of carbonyl (C=O) groups is 5. The quantitative estimate of drug-likeness (QED) is 0.0276. The summed E-state index contributed by atoms with van der Waals surface area (Å²) in [5.41, 5.74) is 17.3. The maximum atomic E-state index is 14.8. The van der Waals surface area contributed by atoms with E-state index in [0.717, 1.165) is 30.4 Å². The lowest BCUT2D eigenvalue weighted by Gasteiger charge is -2.42. The molecule has 1 aromatic carbocycles. The Bertz CT molecular complexity index is 3670. The van der Waals surface area contributed by atoms with Crippen molar-refractivity contribution < 1.29 is 71.8 Å². The molecular weight excluding hydrogens is 1260 g/mol. The van der Waals surface area contributed by atoms with E-state index in [1.807, 2.05) is 81.1 Å². The van der Waals surface area contributed by atoms with E-state index in [2.05, 4.69) is 25.3 Å². The van der Waals surface area contributed by atoms with E-state index in [1.54, 1.807) is 51.8 Å². The Hall–Kier alpha value is -7.43. The Morgan fingerprint density at radius 2 is 1.65 bits per heavy atom. The normalized spacial score (nSPS) is 30.1. The summed E-state index contributed by atoms with van der Waals surface area (Å²) < 4.78 is 51.7. The molecule has 98 heavy (non-hydrogen) atoms. The molecule has 534 valence electrons. The number of hydrogen-bond acceptors (Lipinski definition) is 23. The fraction of sp³-hybridized carbons (Fsp3) is 0.625. The fourth-order valence-corrected chi connectivity index (χ4v) is 14.3. The average Bonchev–Trinajstić information content (AvgIpc) is 1.38. The second kappa shape index (κ2) is 34.6. The molecule has 1 amide bonds. The number of nitrogens with two attached hydrogens (primary N) is 2. The fourth-order valence-electron chi connectivity index (χ4n) is 14.3. The van der Waals surface area contributed by atoms with Crippen molar-refractivity contribution in [1.29, 1.82) is 0 Å². The van der Waals surface area contributed by atoms with Gasteiger partial charge in [0.2, 0.25) is 5.79 Å². The number of piperidine rings is 1. The van der Waals surface area contributed by atoms with Gasteiger partial charge < -0.3 is 64.2 Å². The molecule has 7 heterocycles. The van der Waals surface area contributed by atoms with Crippen molar-refractivity contribution in [2.24, 2.45) is 35.5 Å². The number of ketones is 3. The number of oxazole rings is 1. The SMILES string of the molecule is CO[C@H]1C[C@@H]2CC[C@@H](C)[C@@](O)(O2)C(=O)C(=O)N2CCCC[C@H]2C(=O)O[C@H]([C@H](C)C[C@@H]2CC[C@@H](OCCOCc3cn(CCCCn4nc(-c5ccc6oc(N)nc6c5)c5c(N)ncnc54)nn3)[C@H](OC)C2)CC(=O)[C@H](C)/C=C(\C)[C@@H](O)[C@@H](OC)C(=O)[C@H](C)C[C@H](C)/C=C/C=CC=C1C. The lowest BCUT2D eigenvalue weighted by Crippen LogP contribution is -2.61. The second-order valence-electron chi connectivity index (χ2n) is 27.4. The van der Waals surface area contributed by atoms with E-state index >= 15 is 0 Å². The van der Waals surface area contributed by atoms with E-state index in [-0.39, 0.29) is 73.5 Å². The van der Waals surface area contributed by atoms with Crippen LogP contribution in [-0.2, 0) is 76.8 Å². The van der Waals surface area contributed by atoms with Gasteiger partial charge in [-0.1, -0.05) is 76.3 Å². The van der Waals surface area contributed by atoms with Crippen LogP contribution >= 0.6 is 0 Å². The van der Waals surface area contributed by atoms with Crippen LogP contribution in [0, 0.1) is 35.5 Å². The number of benzene rings is 1. The van der Waals surface area contributed by atoms with Gasteiger partial charge >= 0.3 is 5.97 Å². The van der Waals surface area contributed by atoms with E-state index in [1.165, 1.54) is 18.3 Å². The molecule has 26 heteroatoms. The third kappa shape index (κ3) is 18.5. The topological polar surface area (TPSA) is 346 Å². The zero-order valence-corrected chi connectivity index (χ0v) is 58.5. The van der Waals surface area contributed by atoms with Crippen molar-refractivity contribution >= 4 is 63.2 Å². The van der Waals surface area contributed by atoms with Crippen LogP contribution in [-0.4, -0.2) is 180 Å². The minimum Gasteiger partial charge on any atom is -0.460 e. The molecule has 5 aromatic rings. The van der Waals surface area contributed by atoms with Crippen molar-refractivity contribution in [3.63, 3.8) is 0 Å². The Labute approximate surface area is 573 Å². The first-order valence-corrected chi connectivity index (χ1v) is 34.7. The molecule has 15 atom stereocenters. The summed E-state index contributed by atoms with van der Waals surface area (Å²) in [4.78, 5) is 86.4. The second-order valence-corrected chi connectivity index (χ2v) is 27.4. The highest BCUT2D eigenvalue weighted by atomic mass is 16.6. The number of anilines is 2. The van der Waals surface area contributed by atoms with Crippen molar-refractivity contribution in [2.45, 2.75) is 213 Å². The molecular formula is C72H101N11O15. The Kier molecular flexibility index (Phi) is 26.4. The molecule has 4 aliphatic rings. The van der Waals surface area contributed by atoms with Crippen LogP contribution < -0.4 is 11.5 Å². The maximum absolute atomic E-state index is 14.8. The monoisotopic (exact) mass is 1360 g/mol. The number of Topliss-reactive ketones (excluding diaryl/α,β-unsaturated/α-hetero) is 3. The Balaban J connectivity index is 0.811. The summed E-state index contributed by atoms with van der Waals surface area (Å²) in [6.45, 7) is 14.8. The number of allylic oxidation sites excluding steroid dienone is 6. The van der Waals surface area contributed by atoms with Crippen LogP contribution in [0.1, 0.15) is 144 Å². The van der Waals surface area contributed by atoms with Crippen LogP contribution in [0.25, 0.3) is 33.4 Å². The number of rotatable bonds is 18. The highest BCUT2D eigenvalue weighted by molar-refractivity contribution is 6.39. The number of unbranched alkanes of at least 4 members (excludes halogenated alkanes) is 1. The largest absolute Gasteiger partial charge is 0.460 e. The van der Waals surface area contributed by atoms with Crippen LogP contribution in [0.5, 0.6) is 0 Å². The number of fused-ring (bicyclic) bond motifs is 5. The number of ether oxygens (including phenoxy) is 7. The van der Waals surface area contributed by atoms with E-state index in [9.17, 15) is 34.2 Å². The summed E-state index contributed by atoms with van der Waals surface area (Å²) >= 11 is 0. The number of aliphatic hydroxyl groups is 2. The van der Waals surface area contributed by atoms with Gasteiger partial charge in [0.25, 0.3) is 17.7 Å².